The van der Waals surface area contributed by atoms with Crippen LogP contribution in [0.5, 0.6) is 5.75 Å². The molecule has 16 heavy (non-hydrogen) atoms. The van der Waals surface area contributed by atoms with Crippen molar-refractivity contribution in [2.45, 2.75) is 0 Å². The van der Waals surface area contributed by atoms with E-state index in [9.17, 15) is 4.79 Å². The molecule has 4 nitrogen and oxygen atoms in total. The van der Waals surface area contributed by atoms with Crippen LogP contribution < -0.4 is 15.4 Å². The number of nitrogens with one attached hydrogen (secondary N) is 2. The molecule has 0 saturated heterocycles. The Morgan fingerprint density at radius 2 is 2.06 bits per heavy atom. The van der Waals surface area contributed by atoms with E-state index < -0.39 is 0 Å². The van der Waals surface area contributed by atoms with Crippen LogP contribution in [0.4, 0.5) is 10.5 Å². The molecule has 0 bridgehead atoms. The van der Waals surface area contributed by atoms with E-state index in [1.165, 1.54) is 0 Å². The molecule has 0 fully saturated rings. The normalized spacial score (nSPS) is 9.38. The van der Waals surface area contributed by atoms with E-state index in [1.807, 2.05) is 0 Å². The first kappa shape index (κ1) is 12.6. The zero-order valence-corrected chi connectivity index (χ0v) is 10.5. The standard InChI is InChI=1S/C11H13BrN2O2/c1-8(12)7-13-11(15)14-9-3-5-10(16-2)6-4-9/h3-6H,1,7H2,2H3,(H2,13,14,15). The number of hydrogen-bond acceptors (Lipinski definition) is 2. The second-order valence-electron chi connectivity index (χ2n) is 3.05. The molecule has 0 atom stereocenters. The van der Waals surface area contributed by atoms with Gasteiger partial charge >= 0.3 is 6.03 Å². The summed E-state index contributed by atoms with van der Waals surface area (Å²) in [6.07, 6.45) is 0. The van der Waals surface area contributed by atoms with Crippen LogP contribution in [0.1, 0.15) is 0 Å². The zero-order valence-electron chi connectivity index (χ0n) is 8.92. The van der Waals surface area contributed by atoms with Crippen molar-refractivity contribution in [3.8, 4) is 5.75 Å². The highest BCUT2D eigenvalue weighted by Crippen LogP contribution is 2.14. The Balaban J connectivity index is 2.46. The van der Waals surface area contributed by atoms with Gasteiger partial charge in [-0.1, -0.05) is 22.5 Å². The fraction of sp³-hybridized carbons (Fsp3) is 0.182. The number of ether oxygens (including phenoxy) is 1. The van der Waals surface area contributed by atoms with Gasteiger partial charge in [-0.25, -0.2) is 4.79 Å². The average Bonchev–Trinajstić information content (AvgIpc) is 2.27. The van der Waals surface area contributed by atoms with Gasteiger partial charge in [-0.2, -0.15) is 0 Å². The molecule has 0 heterocycles. The average molecular weight is 285 g/mol. The van der Waals surface area contributed by atoms with E-state index in [-0.39, 0.29) is 6.03 Å². The third kappa shape index (κ3) is 4.35. The highest BCUT2D eigenvalue weighted by Gasteiger charge is 2.01. The number of carbonyl (C=O) groups is 1. The van der Waals surface area contributed by atoms with Gasteiger partial charge in [-0.3, -0.25) is 0 Å². The Labute approximate surface area is 103 Å². The molecule has 0 saturated carbocycles. The highest BCUT2D eigenvalue weighted by molar-refractivity contribution is 9.11. The van der Waals surface area contributed by atoms with E-state index >= 15 is 0 Å². The molecule has 0 aliphatic heterocycles. The van der Waals surface area contributed by atoms with Crippen molar-refractivity contribution in [2.24, 2.45) is 0 Å². The summed E-state index contributed by atoms with van der Waals surface area (Å²) in [6, 6.07) is 6.81. The Hall–Kier alpha value is -1.49. The lowest BCUT2D eigenvalue weighted by atomic mass is 10.3. The molecule has 1 aromatic rings. The Morgan fingerprint density at radius 1 is 1.44 bits per heavy atom. The van der Waals surface area contributed by atoms with Crippen LogP contribution in [-0.2, 0) is 0 Å². The summed E-state index contributed by atoms with van der Waals surface area (Å²) in [6.45, 7) is 4.01. The van der Waals surface area contributed by atoms with Crippen LogP contribution >= 0.6 is 15.9 Å². The number of amides is 2. The van der Waals surface area contributed by atoms with Gasteiger partial charge in [0.2, 0.25) is 0 Å². The van der Waals surface area contributed by atoms with Gasteiger partial charge < -0.3 is 15.4 Å². The minimum absolute atomic E-state index is 0.272. The number of carbonyl (C=O) groups excluding carboxylic acids is 1. The first-order valence-electron chi connectivity index (χ1n) is 4.64. The van der Waals surface area contributed by atoms with Crippen LogP contribution in [-0.4, -0.2) is 19.7 Å². The third-order valence-electron chi connectivity index (χ3n) is 1.79. The number of halogens is 1. The summed E-state index contributed by atoms with van der Waals surface area (Å²) >= 11 is 3.15. The summed E-state index contributed by atoms with van der Waals surface area (Å²) in [5.74, 6) is 0.750. The summed E-state index contributed by atoms with van der Waals surface area (Å²) < 4.78 is 5.73. The van der Waals surface area contributed by atoms with Crippen molar-refractivity contribution in [3.05, 3.63) is 35.3 Å². The quantitative estimate of drug-likeness (QED) is 0.893. The van der Waals surface area contributed by atoms with E-state index in [0.717, 1.165) is 10.2 Å². The van der Waals surface area contributed by atoms with Gasteiger partial charge in [0.15, 0.2) is 0 Å². The van der Waals surface area contributed by atoms with Crippen molar-refractivity contribution in [1.29, 1.82) is 0 Å². The Bertz CT molecular complexity index is 376. The maximum atomic E-state index is 11.4. The van der Waals surface area contributed by atoms with Crippen molar-refractivity contribution < 1.29 is 9.53 Å². The first-order valence-corrected chi connectivity index (χ1v) is 5.43. The summed E-state index contributed by atoms with van der Waals surface area (Å²) in [5, 5.41) is 5.31. The molecule has 0 radical (unpaired) electrons. The van der Waals surface area contributed by atoms with Crippen LogP contribution in [0.25, 0.3) is 0 Å². The molecule has 0 aromatic heterocycles. The lowest BCUT2D eigenvalue weighted by Crippen LogP contribution is -2.29. The zero-order chi connectivity index (χ0) is 12.0. The van der Waals surface area contributed by atoms with E-state index in [1.54, 1.807) is 31.4 Å². The summed E-state index contributed by atoms with van der Waals surface area (Å²) in [7, 11) is 1.59. The predicted molar refractivity (Wildman–Crippen MR) is 68.1 cm³/mol. The van der Waals surface area contributed by atoms with Crippen LogP contribution in [0, 0.1) is 0 Å². The molecule has 0 aliphatic carbocycles. The lowest BCUT2D eigenvalue weighted by Gasteiger charge is -2.07. The Morgan fingerprint density at radius 3 is 2.56 bits per heavy atom. The molecule has 5 heteroatoms. The minimum atomic E-state index is -0.272. The highest BCUT2D eigenvalue weighted by atomic mass is 79.9. The van der Waals surface area contributed by atoms with Gasteiger partial charge in [-0.15, -0.1) is 0 Å². The molecule has 1 rings (SSSR count). The Kier molecular flexibility index (Phi) is 4.85. The molecular weight excluding hydrogens is 272 g/mol. The SMILES string of the molecule is C=C(Br)CNC(=O)Nc1ccc(OC)cc1. The molecule has 2 amide bonds. The van der Waals surface area contributed by atoms with Crippen LogP contribution in [0.2, 0.25) is 0 Å². The smallest absolute Gasteiger partial charge is 0.319 e. The monoisotopic (exact) mass is 284 g/mol. The second-order valence-corrected chi connectivity index (χ2v) is 4.17. The molecule has 86 valence electrons. The van der Waals surface area contributed by atoms with Gasteiger partial charge in [0.1, 0.15) is 5.75 Å². The second kappa shape index (κ2) is 6.17. The maximum absolute atomic E-state index is 11.4. The van der Waals surface area contributed by atoms with Crippen molar-refractivity contribution >= 4 is 27.6 Å². The third-order valence-corrected chi connectivity index (χ3v) is 2.07. The fourth-order valence-corrected chi connectivity index (χ4v) is 1.17. The van der Waals surface area contributed by atoms with Gasteiger partial charge in [0, 0.05) is 10.2 Å². The van der Waals surface area contributed by atoms with E-state index in [2.05, 4.69) is 33.1 Å². The first-order chi connectivity index (χ1) is 7.61. The number of hydrogen-bond donors (Lipinski definition) is 2. The molecule has 2 N–H and O–H groups in total. The molecule has 0 unspecified atom stereocenters. The van der Waals surface area contributed by atoms with Crippen molar-refractivity contribution in [2.75, 3.05) is 19.0 Å². The topological polar surface area (TPSA) is 50.4 Å². The molecule has 0 spiro atoms. The van der Waals surface area contributed by atoms with Gasteiger partial charge in [0.25, 0.3) is 0 Å². The number of anilines is 1. The van der Waals surface area contributed by atoms with Gasteiger partial charge in [-0.05, 0) is 24.3 Å². The summed E-state index contributed by atoms with van der Waals surface area (Å²) in [4.78, 5) is 11.4. The summed E-state index contributed by atoms with van der Waals surface area (Å²) in [5.41, 5.74) is 0.707. The van der Waals surface area contributed by atoms with Crippen molar-refractivity contribution in [3.63, 3.8) is 0 Å². The lowest BCUT2D eigenvalue weighted by molar-refractivity contribution is 0.253. The van der Waals surface area contributed by atoms with E-state index in [4.69, 9.17) is 4.74 Å². The molecular formula is C11H13BrN2O2. The minimum Gasteiger partial charge on any atom is -0.497 e. The number of rotatable bonds is 4. The van der Waals surface area contributed by atoms with Crippen LogP contribution in [0.15, 0.2) is 35.3 Å². The van der Waals surface area contributed by atoms with E-state index in [0.29, 0.717) is 12.2 Å². The fourth-order valence-electron chi connectivity index (χ4n) is 1.03. The van der Waals surface area contributed by atoms with Crippen molar-refractivity contribution in [1.82, 2.24) is 5.32 Å². The van der Waals surface area contributed by atoms with Crippen LogP contribution in [0.3, 0.4) is 0 Å². The molecule has 0 aliphatic rings. The number of urea groups is 1. The maximum Gasteiger partial charge on any atom is 0.319 e. The largest absolute Gasteiger partial charge is 0.497 e. The van der Waals surface area contributed by atoms with Gasteiger partial charge in [0.05, 0.1) is 13.7 Å². The molecule has 1 aromatic carbocycles. The predicted octanol–water partition coefficient (Wildman–Crippen LogP) is 2.73. The number of benzene rings is 1. The number of methoxy groups -OCH3 is 1.